The summed E-state index contributed by atoms with van der Waals surface area (Å²) in [5.74, 6) is -0.332. The summed E-state index contributed by atoms with van der Waals surface area (Å²) >= 11 is 0. The average molecular weight is 254 g/mol. The van der Waals surface area contributed by atoms with Crippen molar-refractivity contribution in [1.29, 1.82) is 0 Å². The van der Waals surface area contributed by atoms with Gasteiger partial charge in [-0.1, -0.05) is 20.8 Å². The molecule has 0 aromatic heterocycles. The fraction of sp³-hybridized carbons (Fsp3) is 0.857. The molecule has 2 rings (SSSR count). The fourth-order valence-electron chi connectivity index (χ4n) is 3.93. The highest BCUT2D eigenvalue weighted by Crippen LogP contribution is 2.66. The van der Waals surface area contributed by atoms with Crippen molar-refractivity contribution in [3.63, 3.8) is 0 Å². The standard InChI is InChI=1S/C14H22O4/c1-8(15)17-11-10-6-7-14(5,13(10,3)4)12(11)18-9(2)16/h10-12H,6-7H2,1-5H3/t10-,11+,12-,14+/m0/s1. The van der Waals surface area contributed by atoms with E-state index < -0.39 is 0 Å². The molecule has 2 saturated carbocycles. The second kappa shape index (κ2) is 3.97. The van der Waals surface area contributed by atoms with Crippen LogP contribution in [0.5, 0.6) is 0 Å². The maximum Gasteiger partial charge on any atom is 0.303 e. The summed E-state index contributed by atoms with van der Waals surface area (Å²) in [6.07, 6.45) is 1.44. The van der Waals surface area contributed by atoms with E-state index >= 15 is 0 Å². The van der Waals surface area contributed by atoms with Gasteiger partial charge in [0.1, 0.15) is 12.2 Å². The molecule has 2 fully saturated rings. The highest BCUT2D eigenvalue weighted by Gasteiger charge is 2.69. The van der Waals surface area contributed by atoms with Crippen LogP contribution in [0.1, 0.15) is 47.5 Å². The Morgan fingerprint density at radius 3 is 2.11 bits per heavy atom. The molecular formula is C14H22O4. The van der Waals surface area contributed by atoms with E-state index in [0.717, 1.165) is 12.8 Å². The van der Waals surface area contributed by atoms with Gasteiger partial charge < -0.3 is 9.47 Å². The molecule has 0 radical (unpaired) electrons. The van der Waals surface area contributed by atoms with Crippen LogP contribution in [0.2, 0.25) is 0 Å². The monoisotopic (exact) mass is 254 g/mol. The molecule has 0 N–H and O–H groups in total. The van der Waals surface area contributed by atoms with Crippen LogP contribution in [0.4, 0.5) is 0 Å². The highest BCUT2D eigenvalue weighted by atomic mass is 16.6. The summed E-state index contributed by atoms with van der Waals surface area (Å²) in [6.45, 7) is 9.33. The normalized spacial score (nSPS) is 40.6. The Morgan fingerprint density at radius 2 is 1.61 bits per heavy atom. The lowest BCUT2D eigenvalue weighted by Gasteiger charge is -2.38. The van der Waals surface area contributed by atoms with Gasteiger partial charge >= 0.3 is 11.9 Å². The quantitative estimate of drug-likeness (QED) is 0.710. The Hall–Kier alpha value is -1.06. The molecule has 4 atom stereocenters. The second-order valence-electron chi connectivity index (χ2n) is 6.39. The minimum atomic E-state index is -0.312. The predicted molar refractivity (Wildman–Crippen MR) is 65.7 cm³/mol. The van der Waals surface area contributed by atoms with Gasteiger partial charge in [0, 0.05) is 25.2 Å². The number of carbonyl (C=O) groups is 2. The van der Waals surface area contributed by atoms with E-state index in [1.807, 2.05) is 0 Å². The summed E-state index contributed by atoms with van der Waals surface area (Å²) < 4.78 is 10.9. The number of carbonyl (C=O) groups excluding carboxylic acids is 2. The van der Waals surface area contributed by atoms with Crippen LogP contribution >= 0.6 is 0 Å². The van der Waals surface area contributed by atoms with Gasteiger partial charge in [0.05, 0.1) is 0 Å². The van der Waals surface area contributed by atoms with Gasteiger partial charge in [-0.15, -0.1) is 0 Å². The van der Waals surface area contributed by atoms with E-state index in [2.05, 4.69) is 20.8 Å². The van der Waals surface area contributed by atoms with E-state index in [0.29, 0.717) is 0 Å². The molecule has 102 valence electrons. The van der Waals surface area contributed by atoms with Crippen LogP contribution in [0.3, 0.4) is 0 Å². The van der Waals surface area contributed by atoms with E-state index in [4.69, 9.17) is 9.47 Å². The predicted octanol–water partition coefficient (Wildman–Crippen LogP) is 2.31. The second-order valence-corrected chi connectivity index (χ2v) is 6.39. The molecule has 18 heavy (non-hydrogen) atoms. The third kappa shape index (κ3) is 1.65. The number of hydrogen-bond acceptors (Lipinski definition) is 4. The molecule has 2 bridgehead atoms. The van der Waals surface area contributed by atoms with Gasteiger partial charge in [-0.2, -0.15) is 0 Å². The van der Waals surface area contributed by atoms with Crippen LogP contribution < -0.4 is 0 Å². The molecule has 0 aromatic carbocycles. The van der Waals surface area contributed by atoms with Gasteiger partial charge in [-0.3, -0.25) is 9.59 Å². The lowest BCUT2D eigenvalue weighted by atomic mass is 9.70. The minimum absolute atomic E-state index is 0.0211. The number of esters is 2. The first-order valence-corrected chi connectivity index (χ1v) is 6.54. The molecule has 4 nitrogen and oxygen atoms in total. The fourth-order valence-corrected chi connectivity index (χ4v) is 3.93. The van der Waals surface area contributed by atoms with Crippen LogP contribution in [-0.4, -0.2) is 24.1 Å². The molecule has 0 saturated heterocycles. The van der Waals surface area contributed by atoms with Crippen molar-refractivity contribution < 1.29 is 19.1 Å². The zero-order chi connectivity index (χ0) is 13.7. The Balaban J connectivity index is 2.34. The summed E-state index contributed by atoms with van der Waals surface area (Å²) in [7, 11) is 0. The smallest absolute Gasteiger partial charge is 0.303 e. The lowest BCUT2D eigenvalue weighted by Crippen LogP contribution is -2.44. The molecule has 0 spiro atoms. The first-order chi connectivity index (χ1) is 8.20. The molecule has 0 aliphatic heterocycles. The maximum atomic E-state index is 11.3. The van der Waals surface area contributed by atoms with Crippen LogP contribution in [0.25, 0.3) is 0 Å². The van der Waals surface area contributed by atoms with Gasteiger partial charge in [0.25, 0.3) is 0 Å². The van der Waals surface area contributed by atoms with Crippen molar-refractivity contribution in [2.75, 3.05) is 0 Å². The minimum Gasteiger partial charge on any atom is -0.458 e. The first-order valence-electron chi connectivity index (χ1n) is 6.54. The molecule has 0 heterocycles. The highest BCUT2D eigenvalue weighted by molar-refractivity contribution is 5.67. The number of hydrogen-bond donors (Lipinski definition) is 0. The van der Waals surface area contributed by atoms with Crippen LogP contribution in [0.15, 0.2) is 0 Å². The van der Waals surface area contributed by atoms with Crippen molar-refractivity contribution in [3.05, 3.63) is 0 Å². The topological polar surface area (TPSA) is 52.6 Å². The SMILES string of the molecule is CC(=O)O[C@@H]1[C@@H]2CC[C@](C)([C@H]1OC(C)=O)C2(C)C. The molecule has 2 aliphatic rings. The zero-order valence-corrected chi connectivity index (χ0v) is 11.8. The molecule has 0 aromatic rings. The van der Waals surface area contributed by atoms with Gasteiger partial charge in [0.2, 0.25) is 0 Å². The largest absolute Gasteiger partial charge is 0.458 e. The number of fused-ring (bicyclic) bond motifs is 2. The Bertz CT molecular complexity index is 387. The van der Waals surface area contributed by atoms with Crippen LogP contribution in [0, 0.1) is 16.7 Å². The van der Waals surface area contributed by atoms with Gasteiger partial charge in [-0.05, 0) is 18.3 Å². The van der Waals surface area contributed by atoms with Crippen molar-refractivity contribution in [3.8, 4) is 0 Å². The maximum absolute atomic E-state index is 11.3. The van der Waals surface area contributed by atoms with Crippen molar-refractivity contribution in [2.24, 2.45) is 16.7 Å². The molecule has 0 amide bonds. The average Bonchev–Trinajstić information content (AvgIpc) is 2.50. The zero-order valence-electron chi connectivity index (χ0n) is 11.8. The van der Waals surface area contributed by atoms with E-state index in [1.165, 1.54) is 13.8 Å². The van der Waals surface area contributed by atoms with E-state index in [-0.39, 0.29) is 40.9 Å². The van der Waals surface area contributed by atoms with Crippen molar-refractivity contribution in [2.45, 2.75) is 59.7 Å². The summed E-state index contributed by atoms with van der Waals surface area (Å²) in [6, 6.07) is 0. The Labute approximate surface area is 108 Å². The van der Waals surface area contributed by atoms with E-state index in [9.17, 15) is 9.59 Å². The van der Waals surface area contributed by atoms with Crippen LogP contribution in [-0.2, 0) is 19.1 Å². The number of rotatable bonds is 2. The molecule has 0 unspecified atom stereocenters. The lowest BCUT2D eigenvalue weighted by molar-refractivity contribution is -0.175. The Kier molecular flexibility index (Phi) is 2.95. The molecule has 2 aliphatic carbocycles. The van der Waals surface area contributed by atoms with Gasteiger partial charge in [0.15, 0.2) is 0 Å². The third-order valence-electron chi connectivity index (χ3n) is 5.29. The molecule has 4 heteroatoms. The summed E-state index contributed by atoms with van der Waals surface area (Å²) in [5, 5.41) is 0. The van der Waals surface area contributed by atoms with Crippen molar-refractivity contribution in [1.82, 2.24) is 0 Å². The van der Waals surface area contributed by atoms with Gasteiger partial charge in [-0.25, -0.2) is 0 Å². The summed E-state index contributed by atoms with van der Waals surface area (Å²) in [4.78, 5) is 22.6. The first kappa shape index (κ1) is 13.4. The number of ether oxygens (including phenoxy) is 2. The van der Waals surface area contributed by atoms with Crippen molar-refractivity contribution >= 4 is 11.9 Å². The Morgan fingerprint density at radius 1 is 1.06 bits per heavy atom. The van der Waals surface area contributed by atoms with E-state index in [1.54, 1.807) is 0 Å². The molecular weight excluding hydrogens is 232 g/mol. The third-order valence-corrected chi connectivity index (χ3v) is 5.29. The summed E-state index contributed by atoms with van der Waals surface area (Å²) in [5.41, 5.74) is -0.0866.